The van der Waals surface area contributed by atoms with Gasteiger partial charge in [-0.15, -0.1) is 0 Å². The number of ether oxygens (including phenoxy) is 3. The molecule has 0 aliphatic heterocycles. The number of benzene rings is 1. The van der Waals surface area contributed by atoms with E-state index in [1.54, 1.807) is 20.8 Å². The van der Waals surface area contributed by atoms with Gasteiger partial charge in [0.25, 0.3) is 0 Å². The summed E-state index contributed by atoms with van der Waals surface area (Å²) in [4.78, 5) is 22.6. The van der Waals surface area contributed by atoms with E-state index in [0.717, 1.165) is 19.1 Å². The Morgan fingerprint density at radius 3 is 1.95 bits per heavy atom. The summed E-state index contributed by atoms with van der Waals surface area (Å²) in [6, 6.07) is 4.65. The molecule has 1 aromatic carbocycles. The van der Waals surface area contributed by atoms with Gasteiger partial charge in [0, 0.05) is 20.1 Å². The van der Waals surface area contributed by atoms with Gasteiger partial charge in [0.15, 0.2) is 6.61 Å². The number of halogens is 8. The standard InChI is InChI=1S/C22H28F8N2O5/c1-14(33)32-15-8-5-6-9-16(15)36-13-20(25,26)22(29,30)21(27,28)19(23,24)12-35-11-7-10-31-17(34)37-18(2,3)4/h5-6,8-9H,7,10-13H2,1-4H3,(H,31,34)(H,32,33). The second-order valence-electron chi connectivity index (χ2n) is 8.86. The van der Waals surface area contributed by atoms with Gasteiger partial charge in [-0.2, -0.15) is 35.1 Å². The normalized spacial score (nSPS) is 13.2. The molecule has 0 atom stereocenters. The van der Waals surface area contributed by atoms with Crippen LogP contribution in [0.5, 0.6) is 5.75 Å². The summed E-state index contributed by atoms with van der Waals surface area (Å²) in [5.41, 5.74) is -1.05. The van der Waals surface area contributed by atoms with Crippen molar-refractivity contribution in [3.05, 3.63) is 24.3 Å². The SMILES string of the molecule is CC(=O)Nc1ccccc1OCC(F)(F)C(F)(F)C(F)(F)C(F)(F)COCCCNC(=O)OC(C)(C)C. The molecule has 0 aromatic heterocycles. The molecule has 0 saturated carbocycles. The summed E-state index contributed by atoms with van der Waals surface area (Å²) in [5.74, 6) is -25.8. The molecule has 2 N–H and O–H groups in total. The molecule has 0 bridgehead atoms. The molecule has 15 heteroatoms. The Hall–Kier alpha value is -2.84. The number of hydrogen-bond acceptors (Lipinski definition) is 5. The monoisotopic (exact) mass is 552 g/mol. The van der Waals surface area contributed by atoms with Crippen molar-refractivity contribution in [2.24, 2.45) is 0 Å². The molecule has 0 aliphatic rings. The number of nitrogens with one attached hydrogen (secondary N) is 2. The van der Waals surface area contributed by atoms with Crippen LogP contribution in [-0.4, -0.2) is 67.7 Å². The molecule has 1 rings (SSSR count). The van der Waals surface area contributed by atoms with Gasteiger partial charge in [0.1, 0.15) is 18.0 Å². The molecule has 0 saturated heterocycles. The molecule has 37 heavy (non-hydrogen) atoms. The first kappa shape index (κ1) is 32.2. The number of anilines is 1. The molecule has 0 fully saturated rings. The number of para-hydroxylation sites is 2. The molecular weight excluding hydrogens is 524 g/mol. The fraction of sp³-hybridized carbons (Fsp3) is 0.636. The number of carbonyl (C=O) groups excluding carboxylic acids is 2. The van der Waals surface area contributed by atoms with Crippen LogP contribution in [0.3, 0.4) is 0 Å². The molecule has 212 valence electrons. The fourth-order valence-electron chi connectivity index (χ4n) is 2.57. The molecule has 0 spiro atoms. The molecule has 1 aromatic rings. The van der Waals surface area contributed by atoms with Crippen molar-refractivity contribution < 1.29 is 58.9 Å². The third kappa shape index (κ3) is 8.90. The topological polar surface area (TPSA) is 85.9 Å². The summed E-state index contributed by atoms with van der Waals surface area (Å²) in [5, 5.41) is 4.37. The smallest absolute Gasteiger partial charge is 0.407 e. The Morgan fingerprint density at radius 2 is 1.41 bits per heavy atom. The van der Waals surface area contributed by atoms with Crippen LogP contribution in [0.1, 0.15) is 34.1 Å². The van der Waals surface area contributed by atoms with E-state index < -0.39 is 66.9 Å². The second-order valence-corrected chi connectivity index (χ2v) is 8.86. The largest absolute Gasteiger partial charge is 0.485 e. The van der Waals surface area contributed by atoms with E-state index in [0.29, 0.717) is 0 Å². The lowest BCUT2D eigenvalue weighted by atomic mass is 9.99. The van der Waals surface area contributed by atoms with Crippen molar-refractivity contribution in [1.82, 2.24) is 5.32 Å². The predicted octanol–water partition coefficient (Wildman–Crippen LogP) is 5.50. The number of amides is 2. The van der Waals surface area contributed by atoms with E-state index in [2.05, 4.69) is 20.1 Å². The van der Waals surface area contributed by atoms with Crippen LogP contribution in [-0.2, 0) is 14.3 Å². The highest BCUT2D eigenvalue weighted by Crippen LogP contribution is 2.52. The average molecular weight is 552 g/mol. The maximum atomic E-state index is 14.1. The fourth-order valence-corrected chi connectivity index (χ4v) is 2.57. The van der Waals surface area contributed by atoms with E-state index in [9.17, 15) is 44.7 Å². The van der Waals surface area contributed by atoms with Gasteiger partial charge in [0.2, 0.25) is 5.91 Å². The van der Waals surface area contributed by atoms with Crippen molar-refractivity contribution >= 4 is 17.7 Å². The van der Waals surface area contributed by atoms with Crippen molar-refractivity contribution in [3.8, 4) is 5.75 Å². The molecule has 7 nitrogen and oxygen atoms in total. The summed E-state index contributed by atoms with van der Waals surface area (Å²) >= 11 is 0. The quantitative estimate of drug-likeness (QED) is 0.250. The van der Waals surface area contributed by atoms with Gasteiger partial charge in [-0.05, 0) is 39.3 Å². The summed E-state index contributed by atoms with van der Waals surface area (Å²) in [6.45, 7) is 0.191. The molecule has 0 aliphatic carbocycles. The van der Waals surface area contributed by atoms with Gasteiger partial charge >= 0.3 is 29.8 Å². The lowest BCUT2D eigenvalue weighted by molar-refractivity contribution is -0.374. The van der Waals surface area contributed by atoms with E-state index in [-0.39, 0.29) is 18.7 Å². The summed E-state index contributed by atoms with van der Waals surface area (Å²) in [6.07, 6.45) is -1.05. The van der Waals surface area contributed by atoms with Gasteiger partial charge in [-0.1, -0.05) is 12.1 Å². The number of alkyl carbamates (subject to hydrolysis) is 1. The van der Waals surface area contributed by atoms with Gasteiger partial charge in [-0.25, -0.2) is 4.79 Å². The third-order valence-electron chi connectivity index (χ3n) is 4.34. The van der Waals surface area contributed by atoms with Crippen molar-refractivity contribution in [3.63, 3.8) is 0 Å². The van der Waals surface area contributed by atoms with Crippen LogP contribution in [0.25, 0.3) is 0 Å². The number of alkyl halides is 8. The minimum atomic E-state index is -6.56. The van der Waals surface area contributed by atoms with Crippen LogP contribution in [0.4, 0.5) is 45.6 Å². The van der Waals surface area contributed by atoms with Crippen LogP contribution in [0.15, 0.2) is 24.3 Å². The summed E-state index contributed by atoms with van der Waals surface area (Å²) < 4.78 is 126. The molecule has 0 heterocycles. The van der Waals surface area contributed by atoms with Crippen LogP contribution in [0.2, 0.25) is 0 Å². The molecule has 0 radical (unpaired) electrons. The number of rotatable bonds is 13. The van der Waals surface area contributed by atoms with Gasteiger partial charge < -0.3 is 24.8 Å². The van der Waals surface area contributed by atoms with Gasteiger partial charge in [0.05, 0.1) is 5.69 Å². The van der Waals surface area contributed by atoms with E-state index in [1.807, 2.05) is 0 Å². The minimum Gasteiger partial charge on any atom is -0.485 e. The maximum Gasteiger partial charge on any atom is 0.407 e. The van der Waals surface area contributed by atoms with E-state index in [4.69, 9.17) is 4.74 Å². The number of hydrogen-bond donors (Lipinski definition) is 2. The van der Waals surface area contributed by atoms with Crippen molar-refractivity contribution in [2.45, 2.75) is 63.4 Å². The Bertz CT molecular complexity index is 923. The van der Waals surface area contributed by atoms with E-state index >= 15 is 0 Å². The second kappa shape index (κ2) is 12.1. The van der Waals surface area contributed by atoms with E-state index in [1.165, 1.54) is 12.1 Å². The first-order valence-corrected chi connectivity index (χ1v) is 10.8. The zero-order valence-electron chi connectivity index (χ0n) is 20.4. The Labute approximate surface area is 207 Å². The average Bonchev–Trinajstić information content (AvgIpc) is 2.73. The molecular formula is C22H28F8N2O5. The van der Waals surface area contributed by atoms with Crippen LogP contribution in [0, 0.1) is 0 Å². The Morgan fingerprint density at radius 1 is 0.865 bits per heavy atom. The first-order valence-electron chi connectivity index (χ1n) is 10.8. The minimum absolute atomic E-state index is 0.192. The Balaban J connectivity index is 2.75. The maximum absolute atomic E-state index is 14.1. The van der Waals surface area contributed by atoms with Crippen LogP contribution < -0.4 is 15.4 Å². The first-order chi connectivity index (χ1) is 16.7. The van der Waals surface area contributed by atoms with Gasteiger partial charge in [-0.3, -0.25) is 4.79 Å². The lowest BCUT2D eigenvalue weighted by Gasteiger charge is -2.36. The highest BCUT2D eigenvalue weighted by molar-refractivity contribution is 5.90. The van der Waals surface area contributed by atoms with Crippen molar-refractivity contribution in [2.75, 3.05) is 31.7 Å². The summed E-state index contributed by atoms with van der Waals surface area (Å²) in [7, 11) is 0. The zero-order valence-corrected chi connectivity index (χ0v) is 20.4. The Kier molecular flexibility index (Phi) is 10.6. The highest BCUT2D eigenvalue weighted by atomic mass is 19.4. The zero-order chi connectivity index (χ0) is 28.7. The number of carbonyl (C=O) groups is 2. The van der Waals surface area contributed by atoms with Crippen molar-refractivity contribution in [1.29, 1.82) is 0 Å². The molecule has 0 unspecified atom stereocenters. The van der Waals surface area contributed by atoms with Crippen LogP contribution >= 0.6 is 0 Å². The predicted molar refractivity (Wildman–Crippen MR) is 116 cm³/mol. The third-order valence-corrected chi connectivity index (χ3v) is 4.34. The molecule has 2 amide bonds. The lowest BCUT2D eigenvalue weighted by Crippen LogP contribution is -2.64. The highest BCUT2D eigenvalue weighted by Gasteiger charge is 2.80.